The molecule has 3 fully saturated rings. The van der Waals surface area contributed by atoms with Gasteiger partial charge in [0.1, 0.15) is 0 Å². The number of nitrogens with one attached hydrogen (secondary N) is 1. The topological polar surface area (TPSA) is 49.3 Å². The first-order valence-corrected chi connectivity index (χ1v) is 8.58. The molecule has 2 N–H and O–H groups in total. The summed E-state index contributed by atoms with van der Waals surface area (Å²) in [5.41, 5.74) is -0.0252. The third-order valence-electron chi connectivity index (χ3n) is 6.24. The van der Waals surface area contributed by atoms with Gasteiger partial charge in [-0.25, -0.2) is 0 Å². The van der Waals surface area contributed by atoms with Crippen LogP contribution >= 0.6 is 0 Å². The summed E-state index contributed by atoms with van der Waals surface area (Å²) in [6.45, 7) is 0.907. The average Bonchev–Trinajstić information content (AvgIpc) is 3.09. The van der Waals surface area contributed by atoms with E-state index in [0.717, 1.165) is 31.1 Å². The number of hydrogen-bond donors (Lipinski definition) is 2. The van der Waals surface area contributed by atoms with E-state index in [2.05, 4.69) is 5.32 Å². The quantitative estimate of drug-likeness (QED) is 0.813. The van der Waals surface area contributed by atoms with Crippen LogP contribution in [0.1, 0.15) is 64.2 Å². The molecule has 0 aliphatic heterocycles. The van der Waals surface area contributed by atoms with E-state index in [-0.39, 0.29) is 17.9 Å². The molecule has 3 unspecified atom stereocenters. The van der Waals surface area contributed by atoms with Gasteiger partial charge in [-0.2, -0.15) is 0 Å². The third-order valence-corrected chi connectivity index (χ3v) is 6.24. The fraction of sp³-hybridized carbons (Fsp3) is 0.941. The third kappa shape index (κ3) is 3.03. The summed E-state index contributed by atoms with van der Waals surface area (Å²) in [5, 5.41) is 12.8. The molecule has 20 heavy (non-hydrogen) atoms. The van der Waals surface area contributed by atoms with Crippen molar-refractivity contribution in [3.63, 3.8) is 0 Å². The van der Waals surface area contributed by atoms with Crippen LogP contribution in [0.25, 0.3) is 0 Å². The minimum Gasteiger partial charge on any atom is -0.396 e. The van der Waals surface area contributed by atoms with Crippen molar-refractivity contribution in [3.05, 3.63) is 0 Å². The first-order chi connectivity index (χ1) is 9.71. The SMILES string of the molecule is O=C(CC1CC2CCC1C2)NCC1(CO)CCCCC1. The van der Waals surface area contributed by atoms with Crippen LogP contribution in [0.15, 0.2) is 0 Å². The molecule has 3 heteroatoms. The van der Waals surface area contributed by atoms with Crippen molar-refractivity contribution in [1.82, 2.24) is 5.32 Å². The number of carbonyl (C=O) groups is 1. The van der Waals surface area contributed by atoms with Crippen molar-refractivity contribution in [2.45, 2.75) is 64.2 Å². The molecule has 0 aromatic carbocycles. The van der Waals surface area contributed by atoms with Gasteiger partial charge in [0.05, 0.1) is 6.61 Å². The second kappa shape index (κ2) is 6.05. The van der Waals surface area contributed by atoms with Crippen LogP contribution in [0.3, 0.4) is 0 Å². The van der Waals surface area contributed by atoms with Crippen molar-refractivity contribution in [3.8, 4) is 0 Å². The van der Waals surface area contributed by atoms with Gasteiger partial charge < -0.3 is 10.4 Å². The van der Waals surface area contributed by atoms with Gasteiger partial charge in [-0.15, -0.1) is 0 Å². The lowest BCUT2D eigenvalue weighted by Crippen LogP contribution is -2.42. The smallest absolute Gasteiger partial charge is 0.220 e. The Bertz CT molecular complexity index is 349. The summed E-state index contributed by atoms with van der Waals surface area (Å²) < 4.78 is 0. The van der Waals surface area contributed by atoms with Gasteiger partial charge in [-0.1, -0.05) is 25.7 Å². The van der Waals surface area contributed by atoms with Gasteiger partial charge in [-0.3, -0.25) is 4.79 Å². The Balaban J connectivity index is 1.44. The molecule has 3 atom stereocenters. The van der Waals surface area contributed by atoms with Crippen LogP contribution in [-0.4, -0.2) is 24.2 Å². The number of aliphatic hydroxyl groups is 1. The predicted molar refractivity (Wildman–Crippen MR) is 79.2 cm³/mol. The second-order valence-corrected chi connectivity index (χ2v) is 7.63. The molecule has 3 nitrogen and oxygen atoms in total. The van der Waals surface area contributed by atoms with Gasteiger partial charge in [-0.05, 0) is 49.9 Å². The molecule has 0 aromatic heterocycles. The van der Waals surface area contributed by atoms with Crippen molar-refractivity contribution in [2.75, 3.05) is 13.2 Å². The highest BCUT2D eigenvalue weighted by atomic mass is 16.3. The Morgan fingerprint density at radius 3 is 2.55 bits per heavy atom. The van der Waals surface area contributed by atoms with E-state index < -0.39 is 0 Å². The Morgan fingerprint density at radius 1 is 1.15 bits per heavy atom. The molecule has 0 radical (unpaired) electrons. The molecule has 3 rings (SSSR count). The van der Waals surface area contributed by atoms with E-state index in [1.54, 1.807) is 0 Å². The fourth-order valence-corrected chi connectivity index (χ4v) is 4.92. The molecule has 3 aliphatic carbocycles. The van der Waals surface area contributed by atoms with Crippen LogP contribution in [0.5, 0.6) is 0 Å². The number of fused-ring (bicyclic) bond motifs is 2. The molecule has 0 aromatic rings. The Morgan fingerprint density at radius 2 is 1.95 bits per heavy atom. The van der Waals surface area contributed by atoms with Gasteiger partial charge in [0.2, 0.25) is 5.91 Å². The fourth-order valence-electron chi connectivity index (χ4n) is 4.92. The summed E-state index contributed by atoms with van der Waals surface area (Å²) >= 11 is 0. The highest BCUT2D eigenvalue weighted by molar-refractivity contribution is 5.76. The lowest BCUT2D eigenvalue weighted by molar-refractivity contribution is -0.123. The molecule has 114 valence electrons. The summed E-state index contributed by atoms with van der Waals surface area (Å²) in [6.07, 6.45) is 11.9. The first-order valence-electron chi connectivity index (χ1n) is 8.58. The molecule has 2 bridgehead atoms. The molecular weight excluding hydrogens is 250 g/mol. The standard InChI is InChI=1S/C17H29NO2/c19-12-17(6-2-1-3-7-17)11-18-16(20)10-15-9-13-4-5-14(15)8-13/h13-15,19H,1-12H2,(H,18,20). The number of carbonyl (C=O) groups excluding carboxylic acids is 1. The predicted octanol–water partition coefficient (Wildman–Crippen LogP) is 2.87. The summed E-state index contributed by atoms with van der Waals surface area (Å²) in [7, 11) is 0. The molecular formula is C17H29NO2. The van der Waals surface area contributed by atoms with E-state index in [1.807, 2.05) is 0 Å². The first kappa shape index (κ1) is 14.4. The number of rotatable bonds is 5. The largest absolute Gasteiger partial charge is 0.396 e. The normalized spacial score (nSPS) is 35.1. The van der Waals surface area contributed by atoms with Gasteiger partial charge in [0, 0.05) is 18.4 Å². The van der Waals surface area contributed by atoms with Gasteiger partial charge in [0.15, 0.2) is 0 Å². The van der Waals surface area contributed by atoms with Gasteiger partial charge in [0.25, 0.3) is 0 Å². The van der Waals surface area contributed by atoms with Crippen molar-refractivity contribution in [1.29, 1.82) is 0 Å². The van der Waals surface area contributed by atoms with Crippen LogP contribution in [0.4, 0.5) is 0 Å². The lowest BCUT2D eigenvalue weighted by Gasteiger charge is -2.35. The number of hydrogen-bond acceptors (Lipinski definition) is 2. The maximum Gasteiger partial charge on any atom is 0.220 e. The van der Waals surface area contributed by atoms with Crippen LogP contribution < -0.4 is 5.32 Å². The van der Waals surface area contributed by atoms with Crippen LogP contribution in [0, 0.1) is 23.2 Å². The monoisotopic (exact) mass is 279 g/mol. The van der Waals surface area contributed by atoms with E-state index in [9.17, 15) is 9.90 Å². The summed E-state index contributed by atoms with van der Waals surface area (Å²) in [4.78, 5) is 12.2. The van der Waals surface area contributed by atoms with E-state index >= 15 is 0 Å². The molecule has 0 heterocycles. The lowest BCUT2D eigenvalue weighted by atomic mass is 9.74. The van der Waals surface area contributed by atoms with Crippen molar-refractivity contribution in [2.24, 2.45) is 23.2 Å². The van der Waals surface area contributed by atoms with Crippen molar-refractivity contribution >= 4 is 5.91 Å². The van der Waals surface area contributed by atoms with Crippen LogP contribution in [0.2, 0.25) is 0 Å². The Labute approximate surface area is 122 Å². The maximum atomic E-state index is 12.2. The van der Waals surface area contributed by atoms with E-state index in [0.29, 0.717) is 12.5 Å². The Hall–Kier alpha value is -0.570. The highest BCUT2D eigenvalue weighted by Gasteiger charge is 2.40. The van der Waals surface area contributed by atoms with E-state index in [1.165, 1.54) is 44.9 Å². The number of aliphatic hydroxyl groups excluding tert-OH is 1. The molecule has 1 amide bonds. The zero-order valence-electron chi connectivity index (χ0n) is 12.6. The van der Waals surface area contributed by atoms with Gasteiger partial charge >= 0.3 is 0 Å². The molecule has 3 saturated carbocycles. The molecule has 3 aliphatic rings. The molecule has 0 saturated heterocycles. The van der Waals surface area contributed by atoms with Crippen LogP contribution in [-0.2, 0) is 4.79 Å². The summed E-state index contributed by atoms with van der Waals surface area (Å²) in [6, 6.07) is 0. The summed E-state index contributed by atoms with van der Waals surface area (Å²) in [5.74, 6) is 2.61. The molecule has 0 spiro atoms. The van der Waals surface area contributed by atoms with Crippen molar-refractivity contribution < 1.29 is 9.90 Å². The average molecular weight is 279 g/mol. The minimum absolute atomic E-state index is 0.0252. The second-order valence-electron chi connectivity index (χ2n) is 7.63. The Kier molecular flexibility index (Phi) is 4.34. The highest BCUT2D eigenvalue weighted by Crippen LogP contribution is 2.49. The maximum absolute atomic E-state index is 12.2. The van der Waals surface area contributed by atoms with E-state index in [4.69, 9.17) is 0 Å². The number of amides is 1. The zero-order valence-corrected chi connectivity index (χ0v) is 12.6. The zero-order chi connectivity index (χ0) is 14.0. The minimum atomic E-state index is -0.0252.